The van der Waals surface area contributed by atoms with E-state index < -0.39 is 0 Å². The van der Waals surface area contributed by atoms with Gasteiger partial charge >= 0.3 is 0 Å². The summed E-state index contributed by atoms with van der Waals surface area (Å²) in [5, 5.41) is 0. The van der Waals surface area contributed by atoms with Crippen molar-refractivity contribution in [3.05, 3.63) is 66.1 Å². The maximum atomic E-state index is 5.42. The summed E-state index contributed by atoms with van der Waals surface area (Å²) < 4.78 is 5.42. The maximum Gasteiger partial charge on any atom is 0.123 e. The van der Waals surface area contributed by atoms with Gasteiger partial charge in [0.15, 0.2) is 0 Å². The van der Waals surface area contributed by atoms with Gasteiger partial charge in [-0.2, -0.15) is 0 Å². The number of benzene rings is 1. The van der Waals surface area contributed by atoms with E-state index in [-0.39, 0.29) is 0 Å². The van der Waals surface area contributed by atoms with Crippen LogP contribution in [-0.2, 0) is 6.54 Å². The summed E-state index contributed by atoms with van der Waals surface area (Å²) >= 11 is 0. The van der Waals surface area contributed by atoms with Gasteiger partial charge in [0.25, 0.3) is 0 Å². The molecule has 0 aliphatic heterocycles. The topological polar surface area (TPSA) is 16.4 Å². The Bertz CT molecular complexity index is 482. The predicted octanol–water partition coefficient (Wildman–Crippen LogP) is 4.17. The van der Waals surface area contributed by atoms with Gasteiger partial charge in [-0.3, -0.25) is 0 Å². The van der Waals surface area contributed by atoms with Crippen LogP contribution in [0.2, 0.25) is 0 Å². The summed E-state index contributed by atoms with van der Waals surface area (Å²) in [6, 6.07) is 12.5. The Morgan fingerprint density at radius 3 is 2.56 bits per heavy atom. The van der Waals surface area contributed by atoms with E-state index in [0.29, 0.717) is 0 Å². The Morgan fingerprint density at radius 1 is 1.17 bits per heavy atom. The number of furan rings is 1. The molecule has 0 N–H and O–H groups in total. The normalized spacial score (nSPS) is 11.0. The number of allylic oxidation sites excluding steroid dienone is 1. The van der Waals surface area contributed by atoms with Gasteiger partial charge in [0.1, 0.15) is 5.76 Å². The van der Waals surface area contributed by atoms with E-state index in [1.54, 1.807) is 6.26 Å². The monoisotopic (exact) mass is 241 g/mol. The van der Waals surface area contributed by atoms with Gasteiger partial charge in [-0.15, -0.1) is 0 Å². The molecule has 0 aliphatic rings. The molecule has 1 heterocycles. The van der Waals surface area contributed by atoms with Crippen molar-refractivity contribution in [3.63, 3.8) is 0 Å². The third kappa shape index (κ3) is 3.27. The van der Waals surface area contributed by atoms with E-state index in [1.807, 2.05) is 19.1 Å². The van der Waals surface area contributed by atoms with Crippen LogP contribution in [0, 0.1) is 6.92 Å². The Balaban J connectivity index is 2.16. The van der Waals surface area contributed by atoms with Gasteiger partial charge in [0.2, 0.25) is 0 Å². The van der Waals surface area contributed by atoms with Crippen LogP contribution in [-0.4, -0.2) is 6.54 Å². The SMILES string of the molecule is C/C=C/CN(Cc1ccco1)c1ccc(C)cc1. The first-order valence-electron chi connectivity index (χ1n) is 6.25. The molecule has 2 aromatic rings. The lowest BCUT2D eigenvalue weighted by molar-refractivity contribution is 0.505. The number of nitrogens with zero attached hydrogens (tertiary/aromatic N) is 1. The van der Waals surface area contributed by atoms with Gasteiger partial charge < -0.3 is 9.32 Å². The molecule has 18 heavy (non-hydrogen) atoms. The van der Waals surface area contributed by atoms with Crippen LogP contribution < -0.4 is 4.90 Å². The predicted molar refractivity (Wildman–Crippen MR) is 75.8 cm³/mol. The highest BCUT2D eigenvalue weighted by Crippen LogP contribution is 2.18. The van der Waals surface area contributed by atoms with Crippen molar-refractivity contribution in [2.75, 3.05) is 11.4 Å². The lowest BCUT2D eigenvalue weighted by Gasteiger charge is -2.22. The number of anilines is 1. The molecule has 2 nitrogen and oxygen atoms in total. The van der Waals surface area contributed by atoms with Gasteiger partial charge in [-0.05, 0) is 38.1 Å². The minimum Gasteiger partial charge on any atom is -0.467 e. The van der Waals surface area contributed by atoms with Crippen molar-refractivity contribution in [3.8, 4) is 0 Å². The van der Waals surface area contributed by atoms with Crippen molar-refractivity contribution in [1.29, 1.82) is 0 Å². The Kier molecular flexibility index (Phi) is 4.24. The van der Waals surface area contributed by atoms with Crippen molar-refractivity contribution >= 4 is 5.69 Å². The molecule has 1 aromatic carbocycles. The first-order valence-corrected chi connectivity index (χ1v) is 6.25. The first-order chi connectivity index (χ1) is 8.79. The standard InChI is InChI=1S/C16H19NO/c1-3-4-11-17(13-16-6-5-12-18-16)15-9-7-14(2)8-10-15/h3-10,12H,11,13H2,1-2H3/b4-3+. The largest absolute Gasteiger partial charge is 0.467 e. The zero-order chi connectivity index (χ0) is 12.8. The molecular formula is C16H19NO. The van der Waals surface area contributed by atoms with Crippen LogP contribution in [0.5, 0.6) is 0 Å². The molecule has 0 bridgehead atoms. The highest BCUT2D eigenvalue weighted by molar-refractivity contribution is 5.48. The molecular weight excluding hydrogens is 222 g/mol. The number of hydrogen-bond acceptors (Lipinski definition) is 2. The van der Waals surface area contributed by atoms with Crippen LogP contribution >= 0.6 is 0 Å². The molecule has 0 fully saturated rings. The average molecular weight is 241 g/mol. The van der Waals surface area contributed by atoms with Gasteiger partial charge in [-0.25, -0.2) is 0 Å². The summed E-state index contributed by atoms with van der Waals surface area (Å²) in [5.41, 5.74) is 2.50. The fourth-order valence-electron chi connectivity index (χ4n) is 1.84. The second kappa shape index (κ2) is 6.10. The average Bonchev–Trinajstić information content (AvgIpc) is 2.88. The zero-order valence-corrected chi connectivity index (χ0v) is 11.0. The molecule has 0 spiro atoms. The van der Waals surface area contributed by atoms with Gasteiger partial charge in [0, 0.05) is 12.2 Å². The molecule has 2 rings (SSSR count). The quantitative estimate of drug-likeness (QED) is 0.730. The summed E-state index contributed by atoms with van der Waals surface area (Å²) in [5.74, 6) is 0.986. The Morgan fingerprint density at radius 2 is 1.94 bits per heavy atom. The van der Waals surface area contributed by atoms with E-state index in [1.165, 1.54) is 11.3 Å². The van der Waals surface area contributed by atoms with E-state index in [2.05, 4.69) is 48.2 Å². The van der Waals surface area contributed by atoms with Crippen LogP contribution in [0.3, 0.4) is 0 Å². The molecule has 2 heteroatoms. The Labute approximate surface area is 109 Å². The lowest BCUT2D eigenvalue weighted by atomic mass is 10.2. The first kappa shape index (κ1) is 12.5. The van der Waals surface area contributed by atoms with Crippen molar-refractivity contribution in [1.82, 2.24) is 0 Å². The van der Waals surface area contributed by atoms with Crippen LogP contribution in [0.4, 0.5) is 5.69 Å². The molecule has 0 amide bonds. The van der Waals surface area contributed by atoms with E-state index in [9.17, 15) is 0 Å². The van der Waals surface area contributed by atoms with Crippen LogP contribution in [0.15, 0.2) is 59.2 Å². The number of hydrogen-bond donors (Lipinski definition) is 0. The molecule has 0 aliphatic carbocycles. The van der Waals surface area contributed by atoms with Crippen LogP contribution in [0.25, 0.3) is 0 Å². The lowest BCUT2D eigenvalue weighted by Crippen LogP contribution is -2.22. The third-order valence-corrected chi connectivity index (χ3v) is 2.89. The van der Waals surface area contributed by atoms with E-state index >= 15 is 0 Å². The Hall–Kier alpha value is -1.96. The maximum absolute atomic E-state index is 5.42. The van der Waals surface area contributed by atoms with E-state index in [0.717, 1.165) is 18.8 Å². The number of aryl methyl sites for hydroxylation is 1. The molecule has 0 atom stereocenters. The van der Waals surface area contributed by atoms with Crippen molar-refractivity contribution < 1.29 is 4.42 Å². The summed E-state index contributed by atoms with van der Waals surface area (Å²) in [6.07, 6.45) is 5.95. The highest BCUT2D eigenvalue weighted by Gasteiger charge is 2.07. The minimum atomic E-state index is 0.792. The molecule has 0 saturated carbocycles. The summed E-state index contributed by atoms with van der Waals surface area (Å²) in [6.45, 7) is 5.83. The summed E-state index contributed by atoms with van der Waals surface area (Å²) in [4.78, 5) is 2.29. The molecule has 0 radical (unpaired) electrons. The van der Waals surface area contributed by atoms with Crippen molar-refractivity contribution in [2.45, 2.75) is 20.4 Å². The zero-order valence-electron chi connectivity index (χ0n) is 11.0. The van der Waals surface area contributed by atoms with Crippen molar-refractivity contribution in [2.24, 2.45) is 0 Å². The second-order valence-electron chi connectivity index (χ2n) is 4.36. The molecule has 0 unspecified atom stereocenters. The molecule has 0 saturated heterocycles. The van der Waals surface area contributed by atoms with Gasteiger partial charge in [0.05, 0.1) is 12.8 Å². The van der Waals surface area contributed by atoms with Gasteiger partial charge in [-0.1, -0.05) is 29.8 Å². The smallest absolute Gasteiger partial charge is 0.123 e. The summed E-state index contributed by atoms with van der Waals surface area (Å²) in [7, 11) is 0. The third-order valence-electron chi connectivity index (χ3n) is 2.89. The molecule has 94 valence electrons. The fourth-order valence-corrected chi connectivity index (χ4v) is 1.84. The fraction of sp³-hybridized carbons (Fsp3) is 0.250. The molecule has 1 aromatic heterocycles. The van der Waals surface area contributed by atoms with Crippen LogP contribution in [0.1, 0.15) is 18.2 Å². The number of rotatable bonds is 5. The van der Waals surface area contributed by atoms with E-state index in [4.69, 9.17) is 4.42 Å². The highest BCUT2D eigenvalue weighted by atomic mass is 16.3. The second-order valence-corrected chi connectivity index (χ2v) is 4.36. The minimum absolute atomic E-state index is 0.792.